The number of hydrogen-bond donors (Lipinski definition) is 0. The molecule has 2 unspecified atom stereocenters. The van der Waals surface area contributed by atoms with Gasteiger partial charge in [0.15, 0.2) is 0 Å². The lowest BCUT2D eigenvalue weighted by Gasteiger charge is -2.26. The standard InChI is InChI=1S/C24H32O2/c1-23(2,3)20-10-9-13-22(15-20)25-17-19-14-18(19)16-24(4,5)26-21-11-7-6-8-12-21/h6-13,15,18-19H,14,16-17H2,1-5H3. The summed E-state index contributed by atoms with van der Waals surface area (Å²) in [6, 6.07) is 18.6. The van der Waals surface area contributed by atoms with E-state index in [1.54, 1.807) is 0 Å². The van der Waals surface area contributed by atoms with Crippen LogP contribution in [0.5, 0.6) is 11.5 Å². The van der Waals surface area contributed by atoms with Gasteiger partial charge in [-0.1, -0.05) is 51.1 Å². The lowest BCUT2D eigenvalue weighted by Crippen LogP contribution is -2.29. The summed E-state index contributed by atoms with van der Waals surface area (Å²) in [5, 5.41) is 0. The SMILES string of the molecule is CC(C)(CC1CC1COc1cccc(C(C)(C)C)c1)Oc1ccccc1. The molecule has 1 aliphatic rings. The van der Waals surface area contributed by atoms with Crippen molar-refractivity contribution in [1.82, 2.24) is 0 Å². The minimum atomic E-state index is -0.146. The van der Waals surface area contributed by atoms with Gasteiger partial charge in [0.1, 0.15) is 17.1 Å². The summed E-state index contributed by atoms with van der Waals surface area (Å²) in [5.41, 5.74) is 1.33. The molecule has 0 aromatic heterocycles. The molecule has 0 radical (unpaired) electrons. The molecule has 140 valence electrons. The average Bonchev–Trinajstić information content (AvgIpc) is 3.30. The van der Waals surface area contributed by atoms with E-state index in [1.165, 1.54) is 12.0 Å². The zero-order chi connectivity index (χ0) is 18.8. The van der Waals surface area contributed by atoms with E-state index in [0.717, 1.165) is 24.5 Å². The monoisotopic (exact) mass is 352 g/mol. The fourth-order valence-electron chi connectivity index (χ4n) is 3.50. The lowest BCUT2D eigenvalue weighted by molar-refractivity contribution is 0.0898. The van der Waals surface area contributed by atoms with Crippen LogP contribution in [0, 0.1) is 11.8 Å². The molecule has 0 N–H and O–H groups in total. The lowest BCUT2D eigenvalue weighted by atomic mass is 9.87. The molecule has 0 amide bonds. The molecule has 1 aliphatic carbocycles. The molecule has 1 fully saturated rings. The van der Waals surface area contributed by atoms with Crippen molar-refractivity contribution in [3.05, 3.63) is 60.2 Å². The Hall–Kier alpha value is -1.96. The zero-order valence-corrected chi connectivity index (χ0v) is 16.8. The maximum atomic E-state index is 6.18. The predicted octanol–water partition coefficient (Wildman–Crippen LogP) is 6.25. The number of hydrogen-bond acceptors (Lipinski definition) is 2. The summed E-state index contributed by atoms with van der Waals surface area (Å²) < 4.78 is 12.3. The molecule has 0 bridgehead atoms. The van der Waals surface area contributed by atoms with E-state index in [4.69, 9.17) is 9.47 Å². The van der Waals surface area contributed by atoms with Crippen LogP contribution in [0.15, 0.2) is 54.6 Å². The largest absolute Gasteiger partial charge is 0.493 e. The van der Waals surface area contributed by atoms with Crippen molar-refractivity contribution in [2.45, 2.75) is 58.5 Å². The second-order valence-electron chi connectivity index (χ2n) is 9.22. The van der Waals surface area contributed by atoms with Gasteiger partial charge >= 0.3 is 0 Å². The summed E-state index contributed by atoms with van der Waals surface area (Å²) in [4.78, 5) is 0. The second kappa shape index (κ2) is 7.34. The van der Waals surface area contributed by atoms with E-state index in [-0.39, 0.29) is 11.0 Å². The van der Waals surface area contributed by atoms with Crippen LogP contribution in [0.3, 0.4) is 0 Å². The molecule has 0 saturated heterocycles. The molecule has 1 saturated carbocycles. The number of benzene rings is 2. The summed E-state index contributed by atoms with van der Waals surface area (Å²) in [7, 11) is 0. The van der Waals surface area contributed by atoms with Crippen molar-refractivity contribution in [3.8, 4) is 11.5 Å². The van der Waals surface area contributed by atoms with Crippen LogP contribution in [0.4, 0.5) is 0 Å². The van der Waals surface area contributed by atoms with Gasteiger partial charge in [-0.15, -0.1) is 0 Å². The maximum absolute atomic E-state index is 6.18. The van der Waals surface area contributed by atoms with Crippen molar-refractivity contribution >= 4 is 0 Å². The van der Waals surface area contributed by atoms with Crippen LogP contribution >= 0.6 is 0 Å². The molecule has 3 rings (SSSR count). The molecule has 26 heavy (non-hydrogen) atoms. The first-order valence-electron chi connectivity index (χ1n) is 9.70. The van der Waals surface area contributed by atoms with Gasteiger partial charge in [-0.2, -0.15) is 0 Å². The topological polar surface area (TPSA) is 18.5 Å². The highest BCUT2D eigenvalue weighted by Gasteiger charge is 2.42. The summed E-state index contributed by atoms with van der Waals surface area (Å²) in [6.45, 7) is 11.9. The molecule has 2 aromatic rings. The number of ether oxygens (including phenoxy) is 2. The summed E-state index contributed by atoms with van der Waals surface area (Å²) >= 11 is 0. The predicted molar refractivity (Wildman–Crippen MR) is 108 cm³/mol. The Bertz CT molecular complexity index is 712. The summed E-state index contributed by atoms with van der Waals surface area (Å²) in [6.07, 6.45) is 2.30. The third kappa shape index (κ3) is 5.27. The molecular formula is C24H32O2. The van der Waals surface area contributed by atoms with Crippen molar-refractivity contribution in [3.63, 3.8) is 0 Å². The minimum absolute atomic E-state index is 0.146. The van der Waals surface area contributed by atoms with Gasteiger partial charge in [-0.3, -0.25) is 0 Å². The van der Waals surface area contributed by atoms with E-state index in [2.05, 4.69) is 58.9 Å². The van der Waals surface area contributed by atoms with Gasteiger partial charge in [0.2, 0.25) is 0 Å². The number of rotatable bonds is 7. The Kier molecular flexibility index (Phi) is 5.32. The van der Waals surface area contributed by atoms with Crippen molar-refractivity contribution in [2.24, 2.45) is 11.8 Å². The van der Waals surface area contributed by atoms with Crippen LogP contribution in [0.1, 0.15) is 53.0 Å². The third-order valence-electron chi connectivity index (χ3n) is 5.12. The van der Waals surface area contributed by atoms with Crippen LogP contribution < -0.4 is 9.47 Å². The highest BCUT2D eigenvalue weighted by molar-refractivity contribution is 5.32. The average molecular weight is 353 g/mol. The highest BCUT2D eigenvalue weighted by atomic mass is 16.5. The Morgan fingerprint density at radius 1 is 0.846 bits per heavy atom. The molecule has 2 aromatic carbocycles. The van der Waals surface area contributed by atoms with Gasteiger partial charge in [0.05, 0.1) is 6.61 Å². The minimum Gasteiger partial charge on any atom is -0.493 e. The third-order valence-corrected chi connectivity index (χ3v) is 5.12. The summed E-state index contributed by atoms with van der Waals surface area (Å²) in [5.74, 6) is 3.28. The molecule has 0 heterocycles. The van der Waals surface area contributed by atoms with Gasteiger partial charge in [-0.05, 0) is 73.8 Å². The number of para-hydroxylation sites is 1. The fraction of sp³-hybridized carbons (Fsp3) is 0.500. The van der Waals surface area contributed by atoms with E-state index < -0.39 is 0 Å². The highest BCUT2D eigenvalue weighted by Crippen LogP contribution is 2.45. The van der Waals surface area contributed by atoms with E-state index >= 15 is 0 Å². The van der Waals surface area contributed by atoms with Crippen molar-refractivity contribution in [2.75, 3.05) is 6.61 Å². The molecule has 0 spiro atoms. The molecule has 2 heteroatoms. The first-order valence-corrected chi connectivity index (χ1v) is 9.70. The quantitative estimate of drug-likeness (QED) is 0.586. The molecule has 2 atom stereocenters. The van der Waals surface area contributed by atoms with Gasteiger partial charge in [-0.25, -0.2) is 0 Å². The Labute approximate surface area is 158 Å². The molecular weight excluding hydrogens is 320 g/mol. The zero-order valence-electron chi connectivity index (χ0n) is 16.8. The van der Waals surface area contributed by atoms with Crippen LogP contribution in [-0.4, -0.2) is 12.2 Å². The molecule has 0 aliphatic heterocycles. The van der Waals surface area contributed by atoms with Gasteiger partial charge in [0, 0.05) is 0 Å². The first kappa shape index (κ1) is 18.8. The van der Waals surface area contributed by atoms with Gasteiger partial charge in [0.25, 0.3) is 0 Å². The maximum Gasteiger partial charge on any atom is 0.120 e. The van der Waals surface area contributed by atoms with E-state index in [0.29, 0.717) is 11.8 Å². The van der Waals surface area contributed by atoms with E-state index in [9.17, 15) is 0 Å². The molecule has 2 nitrogen and oxygen atoms in total. The van der Waals surface area contributed by atoms with Crippen molar-refractivity contribution < 1.29 is 9.47 Å². The Morgan fingerprint density at radius 2 is 1.54 bits per heavy atom. The van der Waals surface area contributed by atoms with E-state index in [1.807, 2.05) is 30.3 Å². The Morgan fingerprint density at radius 3 is 2.23 bits per heavy atom. The second-order valence-corrected chi connectivity index (χ2v) is 9.22. The smallest absolute Gasteiger partial charge is 0.120 e. The normalized spacial score (nSPS) is 19.9. The first-order chi connectivity index (χ1) is 12.2. The van der Waals surface area contributed by atoms with Gasteiger partial charge < -0.3 is 9.47 Å². The van der Waals surface area contributed by atoms with Crippen LogP contribution in [-0.2, 0) is 5.41 Å². The van der Waals surface area contributed by atoms with Crippen LogP contribution in [0.25, 0.3) is 0 Å². The van der Waals surface area contributed by atoms with Crippen LogP contribution in [0.2, 0.25) is 0 Å². The Balaban J connectivity index is 1.47. The van der Waals surface area contributed by atoms with Crippen molar-refractivity contribution in [1.29, 1.82) is 0 Å². The fourth-order valence-corrected chi connectivity index (χ4v) is 3.50.